The highest BCUT2D eigenvalue weighted by atomic mass is 32.1. The van der Waals surface area contributed by atoms with Crippen molar-refractivity contribution >= 4 is 92.3 Å². The van der Waals surface area contributed by atoms with Gasteiger partial charge in [0.2, 0.25) is 0 Å². The number of thiophene rings is 1. The topological polar surface area (TPSA) is 21.3 Å². The molecular formula is C51H34N2OS. The minimum atomic E-state index is -0.342. The Kier molecular flexibility index (Phi) is 6.27. The van der Waals surface area contributed by atoms with E-state index in [1.807, 2.05) is 11.3 Å². The molecule has 0 N–H and O–H groups in total. The van der Waals surface area contributed by atoms with E-state index in [1.54, 1.807) is 0 Å². The van der Waals surface area contributed by atoms with E-state index in [4.69, 9.17) is 4.42 Å². The van der Waals surface area contributed by atoms with E-state index in [9.17, 15) is 0 Å². The number of anilines is 3. The molecule has 1 aliphatic rings. The van der Waals surface area contributed by atoms with Crippen LogP contribution in [0.2, 0.25) is 0 Å². The molecule has 3 aromatic heterocycles. The van der Waals surface area contributed by atoms with Gasteiger partial charge in [-0.25, -0.2) is 0 Å². The molecule has 0 unspecified atom stereocenters. The highest BCUT2D eigenvalue weighted by Crippen LogP contribution is 2.57. The SMILES string of the molecule is CC1(C)c2cc(-c3ccc4c(c3)c3ccccc3n4-c3ccccc3)ccc2N(c2cccc3c2sc2ccccc23)c2ccc3oc4ccccc4c3c21. The maximum atomic E-state index is 6.54. The Bertz CT molecular complexity index is 3360. The fourth-order valence-electron chi connectivity index (χ4n) is 9.48. The Labute approximate surface area is 321 Å². The summed E-state index contributed by atoms with van der Waals surface area (Å²) in [5, 5.41) is 7.45. The zero-order valence-corrected chi connectivity index (χ0v) is 31.2. The highest BCUT2D eigenvalue weighted by Gasteiger charge is 2.40. The van der Waals surface area contributed by atoms with Crippen LogP contribution in [0.1, 0.15) is 25.0 Å². The molecule has 0 spiro atoms. The predicted octanol–water partition coefficient (Wildman–Crippen LogP) is 14.8. The Morgan fingerprint density at radius 2 is 1.18 bits per heavy atom. The van der Waals surface area contributed by atoms with Crippen molar-refractivity contribution in [3.05, 3.63) is 181 Å². The summed E-state index contributed by atoms with van der Waals surface area (Å²) in [6.45, 7) is 4.79. The fourth-order valence-corrected chi connectivity index (χ4v) is 10.7. The molecule has 0 amide bonds. The molecular weight excluding hydrogens is 689 g/mol. The van der Waals surface area contributed by atoms with Gasteiger partial charge in [0, 0.05) is 48.1 Å². The Morgan fingerprint density at radius 3 is 2.07 bits per heavy atom. The van der Waals surface area contributed by atoms with Crippen LogP contribution in [0.25, 0.3) is 80.7 Å². The number of nitrogens with zero attached hydrogens (tertiary/aromatic N) is 2. The van der Waals surface area contributed by atoms with Crippen molar-refractivity contribution in [2.75, 3.05) is 4.90 Å². The number of hydrogen-bond donors (Lipinski definition) is 0. The molecule has 8 aromatic carbocycles. The van der Waals surface area contributed by atoms with Gasteiger partial charge in [-0.1, -0.05) is 111 Å². The smallest absolute Gasteiger partial charge is 0.135 e. The van der Waals surface area contributed by atoms with Crippen molar-refractivity contribution in [2.45, 2.75) is 19.3 Å². The van der Waals surface area contributed by atoms with Crippen molar-refractivity contribution < 1.29 is 4.42 Å². The number of fused-ring (bicyclic) bond motifs is 12. The highest BCUT2D eigenvalue weighted by molar-refractivity contribution is 7.26. The van der Waals surface area contributed by atoms with Gasteiger partial charge in [0.05, 0.1) is 32.8 Å². The molecule has 0 bridgehead atoms. The zero-order valence-electron chi connectivity index (χ0n) is 30.4. The molecule has 4 heteroatoms. The van der Waals surface area contributed by atoms with Crippen molar-refractivity contribution in [3.63, 3.8) is 0 Å². The monoisotopic (exact) mass is 722 g/mol. The van der Waals surface area contributed by atoms with E-state index in [2.05, 4.69) is 193 Å². The van der Waals surface area contributed by atoms with Gasteiger partial charge in [0.25, 0.3) is 0 Å². The maximum absolute atomic E-state index is 6.54. The largest absolute Gasteiger partial charge is 0.456 e. The summed E-state index contributed by atoms with van der Waals surface area (Å²) >= 11 is 1.88. The summed E-state index contributed by atoms with van der Waals surface area (Å²) < 4.78 is 11.5. The zero-order chi connectivity index (χ0) is 36.4. The van der Waals surface area contributed by atoms with E-state index in [0.717, 1.165) is 16.6 Å². The van der Waals surface area contributed by atoms with Crippen LogP contribution in [0.4, 0.5) is 17.1 Å². The molecule has 11 aromatic rings. The normalized spacial score (nSPS) is 13.7. The summed E-state index contributed by atoms with van der Waals surface area (Å²) in [7, 11) is 0. The van der Waals surface area contributed by atoms with Crippen molar-refractivity contribution in [1.29, 1.82) is 0 Å². The van der Waals surface area contributed by atoms with Crippen LogP contribution in [-0.4, -0.2) is 4.57 Å². The lowest BCUT2D eigenvalue weighted by molar-refractivity contribution is 0.634. The second-order valence-electron chi connectivity index (χ2n) is 15.3. The summed E-state index contributed by atoms with van der Waals surface area (Å²) in [5.41, 5.74) is 13.7. The summed E-state index contributed by atoms with van der Waals surface area (Å²) in [4.78, 5) is 2.52. The lowest BCUT2D eigenvalue weighted by Crippen LogP contribution is -2.31. The Balaban J connectivity index is 1.12. The molecule has 4 heterocycles. The summed E-state index contributed by atoms with van der Waals surface area (Å²) in [5.74, 6) is 0. The average Bonchev–Trinajstić information content (AvgIpc) is 3.91. The quantitative estimate of drug-likeness (QED) is 0.181. The van der Waals surface area contributed by atoms with Gasteiger partial charge in [-0.2, -0.15) is 0 Å². The third kappa shape index (κ3) is 4.26. The lowest BCUT2D eigenvalue weighted by Gasteiger charge is -2.42. The van der Waals surface area contributed by atoms with Crippen LogP contribution in [0.3, 0.4) is 0 Å². The minimum absolute atomic E-state index is 0.342. The fraction of sp³-hybridized carbons (Fsp3) is 0.0588. The van der Waals surface area contributed by atoms with E-state index >= 15 is 0 Å². The third-order valence-electron chi connectivity index (χ3n) is 11.9. The standard InChI is InChI=1S/C51H34N2OS/c1-51(2)39-30-32(31-23-25-41-38(29-31)34-15-6-9-19-40(34)52(41)33-13-4-3-5-14-33)24-26-42(39)53(44-20-12-18-36-35-16-8-11-22-47(35)55-50(36)44)43-27-28-46-48(49(43)51)37-17-7-10-21-45(37)54-46/h3-30H,1-2H3. The number of furan rings is 1. The van der Waals surface area contributed by atoms with E-state index < -0.39 is 0 Å². The van der Waals surface area contributed by atoms with Crippen LogP contribution >= 0.6 is 11.3 Å². The molecule has 260 valence electrons. The van der Waals surface area contributed by atoms with Gasteiger partial charge in [-0.05, 0) is 95.1 Å². The molecule has 0 aliphatic carbocycles. The minimum Gasteiger partial charge on any atom is -0.456 e. The van der Waals surface area contributed by atoms with E-state index in [1.165, 1.54) is 92.4 Å². The predicted molar refractivity (Wildman–Crippen MR) is 233 cm³/mol. The molecule has 55 heavy (non-hydrogen) atoms. The molecule has 0 fully saturated rings. The molecule has 1 aliphatic heterocycles. The van der Waals surface area contributed by atoms with Gasteiger partial charge < -0.3 is 13.9 Å². The van der Waals surface area contributed by atoms with Crippen LogP contribution in [0.5, 0.6) is 0 Å². The van der Waals surface area contributed by atoms with Crippen LogP contribution < -0.4 is 4.90 Å². The number of aromatic nitrogens is 1. The number of rotatable bonds is 3. The van der Waals surface area contributed by atoms with Crippen molar-refractivity contribution in [3.8, 4) is 16.8 Å². The molecule has 12 rings (SSSR count). The second kappa shape index (κ2) is 11.2. The third-order valence-corrected chi connectivity index (χ3v) is 13.2. The molecule has 0 radical (unpaired) electrons. The van der Waals surface area contributed by atoms with Crippen molar-refractivity contribution in [2.24, 2.45) is 0 Å². The first-order valence-corrected chi connectivity index (χ1v) is 19.7. The van der Waals surface area contributed by atoms with Crippen molar-refractivity contribution in [1.82, 2.24) is 4.57 Å². The molecule has 0 saturated heterocycles. The first-order chi connectivity index (χ1) is 27.0. The molecule has 0 atom stereocenters. The lowest BCUT2D eigenvalue weighted by atomic mass is 9.71. The average molecular weight is 723 g/mol. The second-order valence-corrected chi connectivity index (χ2v) is 16.3. The number of para-hydroxylation sites is 3. The summed E-state index contributed by atoms with van der Waals surface area (Å²) in [6, 6.07) is 62.1. The van der Waals surface area contributed by atoms with Gasteiger partial charge in [0.15, 0.2) is 0 Å². The van der Waals surface area contributed by atoms with Crippen LogP contribution in [0, 0.1) is 0 Å². The van der Waals surface area contributed by atoms with E-state index in [0.29, 0.717) is 0 Å². The molecule has 0 saturated carbocycles. The molecule has 3 nitrogen and oxygen atoms in total. The van der Waals surface area contributed by atoms with Gasteiger partial charge >= 0.3 is 0 Å². The van der Waals surface area contributed by atoms with E-state index in [-0.39, 0.29) is 5.41 Å². The first kappa shape index (κ1) is 30.8. The first-order valence-electron chi connectivity index (χ1n) is 18.9. The number of hydrogen-bond acceptors (Lipinski definition) is 3. The van der Waals surface area contributed by atoms with Gasteiger partial charge in [-0.3, -0.25) is 0 Å². The Morgan fingerprint density at radius 1 is 0.491 bits per heavy atom. The number of benzene rings is 8. The van der Waals surface area contributed by atoms with Crippen LogP contribution in [0.15, 0.2) is 174 Å². The maximum Gasteiger partial charge on any atom is 0.135 e. The van der Waals surface area contributed by atoms with Gasteiger partial charge in [-0.15, -0.1) is 11.3 Å². The summed E-state index contributed by atoms with van der Waals surface area (Å²) in [6.07, 6.45) is 0. The Hall–Kier alpha value is -6.62. The van der Waals surface area contributed by atoms with Crippen LogP contribution in [-0.2, 0) is 5.41 Å². The van der Waals surface area contributed by atoms with Gasteiger partial charge in [0.1, 0.15) is 11.2 Å².